The van der Waals surface area contributed by atoms with E-state index in [1.165, 1.54) is 41.8 Å². The highest BCUT2D eigenvalue weighted by molar-refractivity contribution is 7.93. The summed E-state index contributed by atoms with van der Waals surface area (Å²) < 4.78 is 26.9. The number of nitrogens with zero attached hydrogens (tertiary/aromatic N) is 3. The third kappa shape index (κ3) is 4.29. The van der Waals surface area contributed by atoms with Crippen LogP contribution in [0.3, 0.4) is 0 Å². The maximum absolute atomic E-state index is 12.2. The molecule has 132 valence electrons. The Labute approximate surface area is 153 Å². The second kappa shape index (κ2) is 7.42. The topological polar surface area (TPSA) is 115 Å². The van der Waals surface area contributed by atoms with E-state index in [4.69, 9.17) is 0 Å². The van der Waals surface area contributed by atoms with Crippen molar-refractivity contribution in [2.45, 2.75) is 4.90 Å². The van der Waals surface area contributed by atoms with Gasteiger partial charge in [-0.05, 0) is 42.0 Å². The molecule has 0 radical (unpaired) electrons. The summed E-state index contributed by atoms with van der Waals surface area (Å²) in [6, 6.07) is 12.0. The Morgan fingerprint density at radius 3 is 2.38 bits per heavy atom. The van der Waals surface area contributed by atoms with Crippen LogP contribution < -0.4 is 4.72 Å². The molecule has 3 aromatic rings. The van der Waals surface area contributed by atoms with Crippen LogP contribution in [0.4, 0.5) is 16.5 Å². The molecular formula is C16H12N4O4S2. The third-order valence-corrected chi connectivity index (χ3v) is 5.44. The summed E-state index contributed by atoms with van der Waals surface area (Å²) in [4.78, 5) is 18.4. The second-order valence-electron chi connectivity index (χ2n) is 5.04. The number of sulfonamides is 1. The first-order chi connectivity index (χ1) is 12.4. The van der Waals surface area contributed by atoms with Crippen molar-refractivity contribution in [1.82, 2.24) is 4.98 Å². The van der Waals surface area contributed by atoms with Gasteiger partial charge in [-0.25, -0.2) is 13.4 Å². The molecule has 0 aliphatic rings. The fourth-order valence-electron chi connectivity index (χ4n) is 1.99. The minimum atomic E-state index is -3.70. The molecule has 0 amide bonds. The van der Waals surface area contributed by atoms with Crippen molar-refractivity contribution in [3.05, 3.63) is 75.8 Å². The van der Waals surface area contributed by atoms with Gasteiger partial charge in [0.05, 0.1) is 15.5 Å². The van der Waals surface area contributed by atoms with Crippen molar-refractivity contribution in [1.29, 1.82) is 0 Å². The van der Waals surface area contributed by atoms with Crippen molar-refractivity contribution in [3.8, 4) is 0 Å². The van der Waals surface area contributed by atoms with E-state index >= 15 is 0 Å². The number of non-ortho nitro benzene ring substituents is 1. The highest BCUT2D eigenvalue weighted by Gasteiger charge is 2.15. The Balaban J connectivity index is 1.72. The zero-order valence-electron chi connectivity index (χ0n) is 13.1. The second-order valence-corrected chi connectivity index (χ2v) is 7.62. The number of nitro groups is 1. The minimum absolute atomic E-state index is 0.00411. The summed E-state index contributed by atoms with van der Waals surface area (Å²) in [6.45, 7) is 0. The van der Waals surface area contributed by atoms with E-state index in [0.717, 1.165) is 0 Å². The van der Waals surface area contributed by atoms with Gasteiger partial charge in [0.1, 0.15) is 0 Å². The van der Waals surface area contributed by atoms with Gasteiger partial charge in [-0.1, -0.05) is 0 Å². The SMILES string of the molecule is O=[N+]([O-])c1ccc(C=Nc2ccc(S(=O)(=O)Nc3nccs3)cc2)cc1. The van der Waals surface area contributed by atoms with Crippen LogP contribution in [-0.4, -0.2) is 24.5 Å². The Kier molecular flexibility index (Phi) is 5.05. The molecule has 0 atom stereocenters. The molecular weight excluding hydrogens is 376 g/mol. The van der Waals surface area contributed by atoms with Crippen LogP contribution in [0.1, 0.15) is 5.56 Å². The molecule has 3 rings (SSSR count). The average molecular weight is 388 g/mol. The van der Waals surface area contributed by atoms with Gasteiger partial charge in [-0.2, -0.15) is 0 Å². The minimum Gasteiger partial charge on any atom is -0.258 e. The van der Waals surface area contributed by atoms with Gasteiger partial charge >= 0.3 is 0 Å². The number of rotatable bonds is 6. The van der Waals surface area contributed by atoms with Gasteiger partial charge < -0.3 is 0 Å². The summed E-state index contributed by atoms with van der Waals surface area (Å²) >= 11 is 1.19. The standard InChI is InChI=1S/C16H12N4O4S2/c21-20(22)14-5-1-12(2-6-14)11-18-13-3-7-15(8-4-13)26(23,24)19-16-17-9-10-25-16/h1-11H,(H,17,19). The summed E-state index contributed by atoms with van der Waals surface area (Å²) in [7, 11) is -3.70. The van der Waals surface area contributed by atoms with E-state index in [9.17, 15) is 18.5 Å². The van der Waals surface area contributed by atoms with Crippen LogP contribution in [0.15, 0.2) is 70.0 Å². The zero-order chi connectivity index (χ0) is 18.6. The molecule has 0 saturated carbocycles. The van der Waals surface area contributed by atoms with E-state index in [0.29, 0.717) is 16.4 Å². The molecule has 1 aromatic heterocycles. The van der Waals surface area contributed by atoms with E-state index in [-0.39, 0.29) is 10.6 Å². The molecule has 0 aliphatic carbocycles. The summed E-state index contributed by atoms with van der Waals surface area (Å²) in [6.07, 6.45) is 3.06. The molecule has 0 saturated heterocycles. The fraction of sp³-hybridized carbons (Fsp3) is 0. The normalized spacial score (nSPS) is 11.5. The van der Waals surface area contributed by atoms with Crippen molar-refractivity contribution >= 4 is 44.1 Å². The van der Waals surface area contributed by atoms with Gasteiger partial charge in [0, 0.05) is 29.9 Å². The van der Waals surface area contributed by atoms with Crippen LogP contribution >= 0.6 is 11.3 Å². The van der Waals surface area contributed by atoms with Gasteiger partial charge in [0.2, 0.25) is 0 Å². The van der Waals surface area contributed by atoms with Crippen LogP contribution in [0.5, 0.6) is 0 Å². The predicted molar refractivity (Wildman–Crippen MR) is 99.7 cm³/mol. The van der Waals surface area contributed by atoms with E-state index < -0.39 is 14.9 Å². The molecule has 0 fully saturated rings. The lowest BCUT2D eigenvalue weighted by molar-refractivity contribution is -0.384. The van der Waals surface area contributed by atoms with Crippen LogP contribution in [-0.2, 0) is 10.0 Å². The fourth-order valence-corrected chi connectivity index (χ4v) is 3.78. The lowest BCUT2D eigenvalue weighted by Crippen LogP contribution is -2.12. The summed E-state index contributed by atoms with van der Waals surface area (Å²) in [5.74, 6) is 0. The number of benzene rings is 2. The number of nitro benzene ring substituents is 1. The molecule has 8 nitrogen and oxygen atoms in total. The lowest BCUT2D eigenvalue weighted by atomic mass is 10.2. The Morgan fingerprint density at radius 2 is 1.81 bits per heavy atom. The van der Waals surface area contributed by atoms with Crippen LogP contribution in [0.25, 0.3) is 0 Å². The van der Waals surface area contributed by atoms with Crippen LogP contribution in [0, 0.1) is 10.1 Å². The first kappa shape index (κ1) is 17.7. The Hall–Kier alpha value is -3.11. The van der Waals surface area contributed by atoms with Crippen LogP contribution in [0.2, 0.25) is 0 Å². The Morgan fingerprint density at radius 1 is 1.12 bits per heavy atom. The van der Waals surface area contributed by atoms with E-state index in [2.05, 4.69) is 14.7 Å². The molecule has 1 heterocycles. The molecule has 0 spiro atoms. The highest BCUT2D eigenvalue weighted by atomic mass is 32.2. The lowest BCUT2D eigenvalue weighted by Gasteiger charge is -2.05. The maximum atomic E-state index is 12.2. The maximum Gasteiger partial charge on any atom is 0.269 e. The molecule has 10 heteroatoms. The third-order valence-electron chi connectivity index (χ3n) is 3.27. The number of hydrogen-bond donors (Lipinski definition) is 1. The average Bonchev–Trinajstić information content (AvgIpc) is 3.13. The van der Waals surface area contributed by atoms with Crippen molar-refractivity contribution in [2.75, 3.05) is 4.72 Å². The smallest absolute Gasteiger partial charge is 0.258 e. The highest BCUT2D eigenvalue weighted by Crippen LogP contribution is 2.21. The molecule has 26 heavy (non-hydrogen) atoms. The number of anilines is 1. The van der Waals surface area contributed by atoms with Gasteiger partial charge in [0.15, 0.2) is 5.13 Å². The molecule has 1 N–H and O–H groups in total. The Bertz CT molecular complexity index is 1030. The largest absolute Gasteiger partial charge is 0.269 e. The first-order valence-electron chi connectivity index (χ1n) is 7.25. The zero-order valence-corrected chi connectivity index (χ0v) is 14.8. The summed E-state index contributed by atoms with van der Waals surface area (Å²) in [5, 5.41) is 12.6. The molecule has 0 aliphatic heterocycles. The first-order valence-corrected chi connectivity index (χ1v) is 9.61. The summed E-state index contributed by atoms with van der Waals surface area (Å²) in [5.41, 5.74) is 1.25. The molecule has 2 aromatic carbocycles. The monoisotopic (exact) mass is 388 g/mol. The molecule has 0 bridgehead atoms. The number of hydrogen-bond acceptors (Lipinski definition) is 7. The molecule has 0 unspecified atom stereocenters. The van der Waals surface area contributed by atoms with Crippen molar-refractivity contribution in [3.63, 3.8) is 0 Å². The van der Waals surface area contributed by atoms with Crippen molar-refractivity contribution in [2.24, 2.45) is 4.99 Å². The van der Waals surface area contributed by atoms with Gasteiger partial charge in [0.25, 0.3) is 15.7 Å². The van der Waals surface area contributed by atoms with E-state index in [1.54, 1.807) is 35.9 Å². The van der Waals surface area contributed by atoms with E-state index in [1.807, 2.05) is 0 Å². The number of aromatic nitrogens is 1. The van der Waals surface area contributed by atoms with Crippen molar-refractivity contribution < 1.29 is 13.3 Å². The number of aliphatic imine (C=N–C) groups is 1. The number of nitrogens with one attached hydrogen (secondary N) is 1. The quantitative estimate of drug-likeness (QED) is 0.393. The van der Waals surface area contributed by atoms with Gasteiger partial charge in [-0.15, -0.1) is 11.3 Å². The number of thiazole rings is 1. The van der Waals surface area contributed by atoms with Gasteiger partial charge in [-0.3, -0.25) is 19.8 Å². The predicted octanol–water partition coefficient (Wildman–Crippen LogP) is 3.60.